The molecule has 0 bridgehead atoms. The van der Waals surface area contributed by atoms with Crippen molar-refractivity contribution in [1.82, 2.24) is 4.90 Å². The lowest BCUT2D eigenvalue weighted by molar-refractivity contribution is 0.470. The fraction of sp³-hybridized carbons (Fsp3) is 0.333. The van der Waals surface area contributed by atoms with Crippen molar-refractivity contribution < 1.29 is 0 Å². The summed E-state index contributed by atoms with van der Waals surface area (Å²) in [5.41, 5.74) is 3.18. The lowest BCUT2D eigenvalue weighted by atomic mass is 9.97. The molecule has 3 aliphatic rings. The van der Waals surface area contributed by atoms with E-state index < -0.39 is 0 Å². The summed E-state index contributed by atoms with van der Waals surface area (Å²) in [4.78, 5) is 2.46. The molecule has 0 aliphatic carbocycles. The molecule has 1 aromatic rings. The van der Waals surface area contributed by atoms with E-state index in [-0.39, 0.29) is 0 Å². The molecule has 1 nitrogen and oxygen atoms in total. The highest BCUT2D eigenvalue weighted by Crippen LogP contribution is 2.40. The molecule has 1 saturated heterocycles. The highest BCUT2D eigenvalue weighted by Gasteiger charge is 2.30. The van der Waals surface area contributed by atoms with Crippen LogP contribution in [0.15, 0.2) is 35.5 Å². The largest absolute Gasteiger partial charge is 0.347 e. The second-order valence-corrected chi connectivity index (χ2v) is 6.21. The van der Waals surface area contributed by atoms with Gasteiger partial charge in [-0.2, -0.15) is 11.8 Å². The molecule has 0 aromatic heterocycles. The first-order chi connectivity index (χ1) is 8.42. The minimum atomic E-state index is 0.802. The van der Waals surface area contributed by atoms with E-state index in [9.17, 15) is 0 Å². The fourth-order valence-electron chi connectivity index (χ4n) is 3.07. The SMILES string of the molecule is C1=c2ccccc2=CN2CCC3SCCC3=C12. The Labute approximate surface area is 106 Å². The Morgan fingerprint density at radius 3 is 3.00 bits per heavy atom. The van der Waals surface area contributed by atoms with Gasteiger partial charge in [0.15, 0.2) is 0 Å². The normalized spacial score (nSPS) is 25.6. The van der Waals surface area contributed by atoms with Crippen molar-refractivity contribution >= 4 is 24.0 Å². The number of thioether (sulfide) groups is 1. The molecule has 0 amide bonds. The van der Waals surface area contributed by atoms with E-state index in [1.807, 2.05) is 0 Å². The van der Waals surface area contributed by atoms with E-state index in [1.165, 1.54) is 41.3 Å². The summed E-state index contributed by atoms with van der Waals surface area (Å²) >= 11 is 2.14. The maximum absolute atomic E-state index is 2.46. The molecule has 0 radical (unpaired) electrons. The van der Waals surface area contributed by atoms with E-state index in [4.69, 9.17) is 0 Å². The van der Waals surface area contributed by atoms with Crippen LogP contribution >= 0.6 is 11.8 Å². The Bertz CT molecular complexity index is 614. The fourth-order valence-corrected chi connectivity index (χ4v) is 4.40. The summed E-state index contributed by atoms with van der Waals surface area (Å²) in [5, 5.41) is 3.54. The van der Waals surface area contributed by atoms with Crippen LogP contribution in [0.3, 0.4) is 0 Å². The van der Waals surface area contributed by atoms with Crippen LogP contribution in [-0.2, 0) is 0 Å². The molecule has 0 spiro atoms. The first-order valence-electron chi connectivity index (χ1n) is 6.32. The van der Waals surface area contributed by atoms with E-state index in [2.05, 4.69) is 53.2 Å². The Kier molecular flexibility index (Phi) is 2.13. The topological polar surface area (TPSA) is 3.24 Å². The summed E-state index contributed by atoms with van der Waals surface area (Å²) in [5.74, 6) is 1.31. The Morgan fingerprint density at radius 2 is 2.06 bits per heavy atom. The highest BCUT2D eigenvalue weighted by atomic mass is 32.2. The average Bonchev–Trinajstić information content (AvgIpc) is 2.85. The molecule has 3 heterocycles. The van der Waals surface area contributed by atoms with Gasteiger partial charge in [-0.25, -0.2) is 0 Å². The van der Waals surface area contributed by atoms with Crippen LogP contribution in [0.2, 0.25) is 0 Å². The quantitative estimate of drug-likeness (QED) is 0.680. The Hall–Kier alpha value is -1.15. The third kappa shape index (κ3) is 1.47. The third-order valence-corrected chi connectivity index (χ3v) is 5.30. The van der Waals surface area contributed by atoms with Gasteiger partial charge in [0.05, 0.1) is 0 Å². The first-order valence-corrected chi connectivity index (χ1v) is 7.37. The van der Waals surface area contributed by atoms with Crippen LogP contribution in [0, 0.1) is 0 Å². The number of hydrogen-bond donors (Lipinski definition) is 0. The molecule has 1 unspecified atom stereocenters. The van der Waals surface area contributed by atoms with Crippen LogP contribution in [0.4, 0.5) is 0 Å². The number of rotatable bonds is 0. The number of hydrogen-bond acceptors (Lipinski definition) is 2. The van der Waals surface area contributed by atoms with E-state index in [0.29, 0.717) is 0 Å². The molecular weight excluding hydrogens is 226 g/mol. The Balaban J connectivity index is 1.97. The van der Waals surface area contributed by atoms with Gasteiger partial charge in [0, 0.05) is 23.7 Å². The van der Waals surface area contributed by atoms with Crippen molar-refractivity contribution in [3.63, 3.8) is 0 Å². The lowest BCUT2D eigenvalue weighted by Gasteiger charge is -2.33. The second-order valence-electron chi connectivity index (χ2n) is 4.90. The molecule has 3 aliphatic heterocycles. The molecule has 0 N–H and O–H groups in total. The first kappa shape index (κ1) is 9.84. The molecular formula is C15H15NS. The van der Waals surface area contributed by atoms with Gasteiger partial charge in [0.25, 0.3) is 0 Å². The maximum Gasteiger partial charge on any atom is 0.0415 e. The van der Waals surface area contributed by atoms with Crippen molar-refractivity contribution in [2.45, 2.75) is 18.1 Å². The van der Waals surface area contributed by atoms with Crippen LogP contribution in [-0.4, -0.2) is 22.4 Å². The van der Waals surface area contributed by atoms with Gasteiger partial charge < -0.3 is 4.90 Å². The molecule has 86 valence electrons. The molecule has 1 fully saturated rings. The van der Waals surface area contributed by atoms with Crippen molar-refractivity contribution in [2.75, 3.05) is 12.3 Å². The van der Waals surface area contributed by atoms with Gasteiger partial charge in [-0.15, -0.1) is 0 Å². The van der Waals surface area contributed by atoms with E-state index in [1.54, 1.807) is 5.57 Å². The molecule has 17 heavy (non-hydrogen) atoms. The zero-order chi connectivity index (χ0) is 11.2. The minimum absolute atomic E-state index is 0.802. The van der Waals surface area contributed by atoms with Gasteiger partial charge in [-0.05, 0) is 40.7 Å². The molecule has 4 rings (SSSR count). The van der Waals surface area contributed by atoms with Crippen LogP contribution in [0.5, 0.6) is 0 Å². The Morgan fingerprint density at radius 1 is 1.18 bits per heavy atom. The van der Waals surface area contributed by atoms with Gasteiger partial charge in [0.1, 0.15) is 0 Å². The average molecular weight is 241 g/mol. The summed E-state index contributed by atoms with van der Waals surface area (Å²) in [6.45, 7) is 1.18. The maximum atomic E-state index is 2.46. The van der Waals surface area contributed by atoms with Crippen molar-refractivity contribution in [3.05, 3.63) is 46.0 Å². The van der Waals surface area contributed by atoms with Gasteiger partial charge in [0.2, 0.25) is 0 Å². The van der Waals surface area contributed by atoms with Gasteiger partial charge in [-0.3, -0.25) is 0 Å². The summed E-state index contributed by atoms with van der Waals surface area (Å²) in [7, 11) is 0. The zero-order valence-corrected chi connectivity index (χ0v) is 10.5. The smallest absolute Gasteiger partial charge is 0.0415 e. The molecule has 2 heteroatoms. The number of fused-ring (bicyclic) bond motifs is 3. The van der Waals surface area contributed by atoms with Crippen LogP contribution < -0.4 is 10.4 Å². The lowest BCUT2D eigenvalue weighted by Crippen LogP contribution is -2.38. The minimum Gasteiger partial charge on any atom is -0.347 e. The van der Waals surface area contributed by atoms with Crippen molar-refractivity contribution in [2.24, 2.45) is 0 Å². The van der Waals surface area contributed by atoms with Crippen molar-refractivity contribution in [3.8, 4) is 0 Å². The zero-order valence-electron chi connectivity index (χ0n) is 9.73. The predicted molar refractivity (Wildman–Crippen MR) is 73.8 cm³/mol. The highest BCUT2D eigenvalue weighted by molar-refractivity contribution is 8.00. The number of allylic oxidation sites excluding steroid dienone is 1. The standard InChI is InChI=1S/C15H15NS/c1-2-4-12-10-16-7-5-15-13(6-8-17-15)14(16)9-11(12)3-1/h1-4,9-10,15H,5-8H2. The summed E-state index contributed by atoms with van der Waals surface area (Å²) in [6, 6.07) is 8.69. The predicted octanol–water partition coefficient (Wildman–Crippen LogP) is 1.68. The van der Waals surface area contributed by atoms with Crippen LogP contribution in [0.1, 0.15) is 12.8 Å². The van der Waals surface area contributed by atoms with E-state index >= 15 is 0 Å². The van der Waals surface area contributed by atoms with E-state index in [0.717, 1.165) is 5.25 Å². The summed E-state index contributed by atoms with van der Waals surface area (Å²) < 4.78 is 0. The van der Waals surface area contributed by atoms with Crippen LogP contribution in [0.25, 0.3) is 12.3 Å². The summed E-state index contributed by atoms with van der Waals surface area (Å²) in [6.07, 6.45) is 7.32. The number of nitrogens with zero attached hydrogens (tertiary/aromatic N) is 1. The molecule has 1 atom stereocenters. The monoisotopic (exact) mass is 241 g/mol. The van der Waals surface area contributed by atoms with Gasteiger partial charge in [-0.1, -0.05) is 24.3 Å². The molecule has 0 saturated carbocycles. The third-order valence-electron chi connectivity index (χ3n) is 3.93. The van der Waals surface area contributed by atoms with Gasteiger partial charge >= 0.3 is 0 Å². The van der Waals surface area contributed by atoms with Crippen molar-refractivity contribution in [1.29, 1.82) is 0 Å². The number of benzene rings is 1. The molecule has 1 aromatic carbocycles. The second kappa shape index (κ2) is 3.67.